The highest BCUT2D eigenvalue weighted by molar-refractivity contribution is 5.92. The van der Waals surface area contributed by atoms with Crippen LogP contribution in [0.5, 0.6) is 0 Å². The number of amides is 1. The molecule has 0 saturated carbocycles. The molecule has 3 aromatic rings. The van der Waals surface area contributed by atoms with Gasteiger partial charge in [-0.25, -0.2) is 15.0 Å². The van der Waals surface area contributed by atoms with Gasteiger partial charge in [0.2, 0.25) is 0 Å². The van der Waals surface area contributed by atoms with E-state index in [2.05, 4.69) is 9.97 Å². The minimum Gasteiger partial charge on any atom is -0.448 e. The summed E-state index contributed by atoms with van der Waals surface area (Å²) in [5, 5.41) is 0. The first kappa shape index (κ1) is 15.6. The maximum Gasteiger partial charge on any atom is 0.276 e. The van der Waals surface area contributed by atoms with Crippen LogP contribution in [0.4, 0.5) is 0 Å². The minimum absolute atomic E-state index is 0.0479. The van der Waals surface area contributed by atoms with Crippen molar-refractivity contribution in [3.05, 3.63) is 60.0 Å². The van der Waals surface area contributed by atoms with Crippen molar-refractivity contribution in [2.75, 3.05) is 6.54 Å². The highest BCUT2D eigenvalue weighted by Gasteiger charge is 2.33. The van der Waals surface area contributed by atoms with Gasteiger partial charge in [-0.15, -0.1) is 0 Å². The first-order valence-electron chi connectivity index (χ1n) is 8.34. The van der Waals surface area contributed by atoms with Crippen LogP contribution in [0.3, 0.4) is 0 Å². The van der Waals surface area contributed by atoms with Gasteiger partial charge in [0.15, 0.2) is 11.6 Å². The van der Waals surface area contributed by atoms with Gasteiger partial charge in [0.25, 0.3) is 5.91 Å². The molecule has 7 heteroatoms. The van der Waals surface area contributed by atoms with E-state index in [9.17, 15) is 4.79 Å². The molecule has 25 heavy (non-hydrogen) atoms. The third-order valence-electron chi connectivity index (χ3n) is 4.52. The lowest BCUT2D eigenvalue weighted by atomic mass is 10.1. The van der Waals surface area contributed by atoms with Crippen molar-refractivity contribution in [2.24, 2.45) is 0 Å². The molecule has 0 N–H and O–H groups in total. The molecular formula is C18H19N5O2. The summed E-state index contributed by atoms with van der Waals surface area (Å²) in [4.78, 5) is 27.8. The van der Waals surface area contributed by atoms with Gasteiger partial charge in [-0.3, -0.25) is 9.36 Å². The van der Waals surface area contributed by atoms with Crippen molar-refractivity contribution in [3.63, 3.8) is 0 Å². The molecule has 7 nitrogen and oxygen atoms in total. The summed E-state index contributed by atoms with van der Waals surface area (Å²) >= 11 is 0. The van der Waals surface area contributed by atoms with E-state index in [1.807, 2.05) is 40.8 Å². The Labute approximate surface area is 145 Å². The lowest BCUT2D eigenvalue weighted by molar-refractivity contribution is 0.0727. The second-order valence-corrected chi connectivity index (χ2v) is 6.17. The fourth-order valence-corrected chi connectivity index (χ4v) is 3.31. The molecule has 4 rings (SSSR count). The number of pyridine rings is 1. The average Bonchev–Trinajstić information content (AvgIpc) is 3.34. The Bertz CT molecular complexity index is 914. The molecule has 128 valence electrons. The Morgan fingerprint density at radius 3 is 2.88 bits per heavy atom. The van der Waals surface area contributed by atoms with Crippen molar-refractivity contribution >= 4 is 5.91 Å². The SMILES string of the molecule is Cc1nc(C(=O)N2CCCC2c2cccc(-n3ccnc3C)n2)co1. The van der Waals surface area contributed by atoms with E-state index in [-0.39, 0.29) is 11.9 Å². The zero-order valence-electron chi connectivity index (χ0n) is 14.2. The lowest BCUT2D eigenvalue weighted by Crippen LogP contribution is -2.31. The largest absolute Gasteiger partial charge is 0.448 e. The fraction of sp³-hybridized carbons (Fsp3) is 0.333. The number of rotatable bonds is 3. The number of imidazole rings is 1. The first-order valence-corrected chi connectivity index (χ1v) is 8.34. The number of aromatic nitrogens is 4. The first-order chi connectivity index (χ1) is 12.1. The van der Waals surface area contributed by atoms with Crippen LogP contribution >= 0.6 is 0 Å². The standard InChI is InChI=1S/C18H19N5O2/c1-12-19-8-10-22(12)17-7-3-5-14(21-17)16-6-4-9-23(16)18(24)15-11-25-13(2)20-15/h3,5,7-8,10-11,16H,4,6,9H2,1-2H3. The maximum absolute atomic E-state index is 12.8. The zero-order chi connectivity index (χ0) is 17.4. The fourth-order valence-electron chi connectivity index (χ4n) is 3.31. The molecule has 4 heterocycles. The highest BCUT2D eigenvalue weighted by atomic mass is 16.3. The molecule has 1 saturated heterocycles. The monoisotopic (exact) mass is 337 g/mol. The third kappa shape index (κ3) is 2.82. The van der Waals surface area contributed by atoms with Crippen LogP contribution in [-0.4, -0.2) is 36.9 Å². The predicted octanol–water partition coefficient (Wildman–Crippen LogP) is 2.85. The topological polar surface area (TPSA) is 77.1 Å². The molecular weight excluding hydrogens is 318 g/mol. The molecule has 0 aromatic carbocycles. The Balaban J connectivity index is 1.64. The normalized spacial score (nSPS) is 17.2. The second-order valence-electron chi connectivity index (χ2n) is 6.17. The van der Waals surface area contributed by atoms with Crippen molar-refractivity contribution in [3.8, 4) is 5.82 Å². The van der Waals surface area contributed by atoms with Gasteiger partial charge in [0.05, 0.1) is 11.7 Å². The van der Waals surface area contributed by atoms with Crippen molar-refractivity contribution in [1.82, 2.24) is 24.4 Å². The molecule has 3 aromatic heterocycles. The molecule has 0 aliphatic carbocycles. The maximum atomic E-state index is 12.8. The van der Waals surface area contributed by atoms with E-state index in [4.69, 9.17) is 9.40 Å². The summed E-state index contributed by atoms with van der Waals surface area (Å²) in [6.07, 6.45) is 6.90. The van der Waals surface area contributed by atoms with Crippen molar-refractivity contribution in [2.45, 2.75) is 32.7 Å². The molecule has 0 bridgehead atoms. The van der Waals surface area contributed by atoms with E-state index in [1.165, 1.54) is 6.26 Å². The van der Waals surface area contributed by atoms with E-state index >= 15 is 0 Å². The number of carbonyl (C=O) groups excluding carboxylic acids is 1. The number of nitrogens with zero attached hydrogens (tertiary/aromatic N) is 5. The second kappa shape index (κ2) is 6.16. The van der Waals surface area contributed by atoms with E-state index in [0.29, 0.717) is 18.1 Å². The van der Waals surface area contributed by atoms with Gasteiger partial charge in [0.1, 0.15) is 17.9 Å². The van der Waals surface area contributed by atoms with Crippen LogP contribution in [0, 0.1) is 13.8 Å². The summed E-state index contributed by atoms with van der Waals surface area (Å²) < 4.78 is 7.12. The molecule has 1 unspecified atom stereocenters. The smallest absolute Gasteiger partial charge is 0.276 e. The zero-order valence-corrected chi connectivity index (χ0v) is 14.2. The molecule has 1 aliphatic rings. The van der Waals surface area contributed by atoms with Gasteiger partial charge in [-0.1, -0.05) is 6.07 Å². The number of aryl methyl sites for hydroxylation is 2. The molecule has 0 radical (unpaired) electrons. The van der Waals surface area contributed by atoms with Gasteiger partial charge < -0.3 is 9.32 Å². The van der Waals surface area contributed by atoms with Crippen molar-refractivity contribution < 1.29 is 9.21 Å². The molecule has 1 aliphatic heterocycles. The number of oxazole rings is 1. The van der Waals surface area contributed by atoms with Crippen LogP contribution in [0.1, 0.15) is 46.8 Å². The van der Waals surface area contributed by atoms with E-state index in [1.54, 1.807) is 13.1 Å². The van der Waals surface area contributed by atoms with Gasteiger partial charge in [-0.05, 0) is 31.9 Å². The lowest BCUT2D eigenvalue weighted by Gasteiger charge is -2.23. The molecule has 1 amide bonds. The molecule has 1 atom stereocenters. The number of hydrogen-bond donors (Lipinski definition) is 0. The summed E-state index contributed by atoms with van der Waals surface area (Å²) in [6, 6.07) is 5.84. The summed E-state index contributed by atoms with van der Waals surface area (Å²) in [7, 11) is 0. The Morgan fingerprint density at radius 1 is 1.28 bits per heavy atom. The van der Waals surface area contributed by atoms with E-state index in [0.717, 1.165) is 30.2 Å². The summed E-state index contributed by atoms with van der Waals surface area (Å²) in [5.74, 6) is 2.08. The van der Waals surface area contributed by atoms with Gasteiger partial charge in [-0.2, -0.15) is 0 Å². The number of hydrogen-bond acceptors (Lipinski definition) is 5. The molecule has 1 fully saturated rings. The predicted molar refractivity (Wildman–Crippen MR) is 90.3 cm³/mol. The van der Waals surface area contributed by atoms with Crippen LogP contribution in [0.15, 0.2) is 41.3 Å². The van der Waals surface area contributed by atoms with Gasteiger partial charge in [0, 0.05) is 25.9 Å². The average molecular weight is 337 g/mol. The summed E-state index contributed by atoms with van der Waals surface area (Å²) in [6.45, 7) is 4.37. The Morgan fingerprint density at radius 2 is 2.16 bits per heavy atom. The van der Waals surface area contributed by atoms with Crippen molar-refractivity contribution in [1.29, 1.82) is 0 Å². The van der Waals surface area contributed by atoms with E-state index < -0.39 is 0 Å². The molecule has 0 spiro atoms. The Kier molecular flexibility index (Phi) is 3.83. The summed E-state index contributed by atoms with van der Waals surface area (Å²) in [5.41, 5.74) is 1.24. The highest BCUT2D eigenvalue weighted by Crippen LogP contribution is 2.32. The van der Waals surface area contributed by atoms with Crippen LogP contribution in [0.25, 0.3) is 5.82 Å². The van der Waals surface area contributed by atoms with Crippen LogP contribution in [-0.2, 0) is 0 Å². The number of likely N-dealkylation sites (tertiary alicyclic amines) is 1. The van der Waals surface area contributed by atoms with Crippen LogP contribution < -0.4 is 0 Å². The quantitative estimate of drug-likeness (QED) is 0.734. The third-order valence-corrected chi connectivity index (χ3v) is 4.52. The Hall–Kier alpha value is -2.96. The minimum atomic E-state index is -0.106. The van der Waals surface area contributed by atoms with Crippen LogP contribution in [0.2, 0.25) is 0 Å². The number of carbonyl (C=O) groups is 1. The van der Waals surface area contributed by atoms with Gasteiger partial charge >= 0.3 is 0 Å².